The second-order valence-corrected chi connectivity index (χ2v) is 11.9. The lowest BCUT2D eigenvalue weighted by atomic mass is 9.76. The molecule has 2 aromatic heterocycles. The minimum atomic E-state index is -0.266. The minimum absolute atomic E-state index is 0.132. The largest absolute Gasteiger partial charge is 0.329 e. The molecule has 6 heteroatoms. The van der Waals surface area contributed by atoms with Gasteiger partial charge in [-0.2, -0.15) is 0 Å². The van der Waals surface area contributed by atoms with Gasteiger partial charge in [0.05, 0.1) is 16.6 Å². The van der Waals surface area contributed by atoms with Crippen molar-refractivity contribution in [2.75, 3.05) is 0 Å². The zero-order valence-corrected chi connectivity index (χ0v) is 20.9. The number of aromatic amines is 1. The average molecular weight is 485 g/mol. The monoisotopic (exact) mass is 484 g/mol. The Morgan fingerprint density at radius 3 is 2.19 bits per heavy atom. The Morgan fingerprint density at radius 1 is 0.750 bits per heavy atom. The van der Waals surface area contributed by atoms with Gasteiger partial charge >= 0.3 is 0 Å². The summed E-state index contributed by atoms with van der Waals surface area (Å²) in [7, 11) is 0. The summed E-state index contributed by atoms with van der Waals surface area (Å²) in [5.74, 6) is 1.85. The first-order chi connectivity index (χ1) is 17.7. The number of hydrogen-bond acceptors (Lipinski definition) is 4. The Bertz CT molecular complexity index is 1370. The predicted molar refractivity (Wildman–Crippen MR) is 142 cm³/mol. The Morgan fingerprint density at radius 2 is 1.47 bits per heavy atom. The molecule has 1 aromatic carbocycles. The van der Waals surface area contributed by atoms with Crippen LogP contribution < -0.4 is 11.1 Å². The van der Waals surface area contributed by atoms with Crippen LogP contribution in [-0.4, -0.2) is 37.6 Å². The van der Waals surface area contributed by atoms with Gasteiger partial charge in [0.1, 0.15) is 5.69 Å². The molecule has 6 nitrogen and oxygen atoms in total. The number of piperidine rings is 1. The lowest BCUT2D eigenvalue weighted by molar-refractivity contribution is 0.0204. The Balaban J connectivity index is 1.25. The summed E-state index contributed by atoms with van der Waals surface area (Å²) in [5.41, 5.74) is 1.89. The molecule has 2 saturated heterocycles. The zero-order valence-electron chi connectivity index (χ0n) is 20.9. The van der Waals surface area contributed by atoms with Crippen LogP contribution >= 0.6 is 0 Å². The number of rotatable bonds is 3. The molecular formula is C30H36N4O2. The fourth-order valence-corrected chi connectivity index (χ4v) is 8.40. The Labute approximate surface area is 211 Å². The molecule has 0 spiro atoms. The molecule has 36 heavy (non-hydrogen) atoms. The molecule has 0 amide bonds. The van der Waals surface area contributed by atoms with Gasteiger partial charge in [-0.3, -0.25) is 14.5 Å². The van der Waals surface area contributed by atoms with Crippen LogP contribution in [0.5, 0.6) is 0 Å². The number of pyridine rings is 1. The molecule has 2 saturated carbocycles. The molecule has 0 radical (unpaired) electrons. The fraction of sp³-hybridized carbons (Fsp3) is 0.567. The van der Waals surface area contributed by atoms with E-state index in [4.69, 9.17) is 0 Å². The van der Waals surface area contributed by atoms with Gasteiger partial charge in [-0.25, -0.2) is 4.98 Å². The number of nitrogens with zero attached hydrogens (tertiary/aromatic N) is 3. The van der Waals surface area contributed by atoms with Crippen LogP contribution in [0.2, 0.25) is 0 Å². The van der Waals surface area contributed by atoms with E-state index < -0.39 is 0 Å². The van der Waals surface area contributed by atoms with Gasteiger partial charge in [0.25, 0.3) is 11.1 Å². The van der Waals surface area contributed by atoms with E-state index in [1.165, 1.54) is 57.8 Å². The number of benzene rings is 1. The van der Waals surface area contributed by atoms with E-state index in [-0.39, 0.29) is 22.9 Å². The van der Waals surface area contributed by atoms with Crippen LogP contribution in [0.15, 0.2) is 52.2 Å². The first kappa shape index (κ1) is 22.5. The third-order valence-corrected chi connectivity index (χ3v) is 9.77. The molecule has 4 bridgehead atoms. The SMILES string of the molecule is O=c1[nH]cccc1-c1nc2ccccc2n(C2C[C@H]3CC[C@@H](C2)N3C2C[C@H]3CCCC[C@@H](C2)C3)c1=O. The number of hydrogen-bond donors (Lipinski definition) is 1. The average Bonchev–Trinajstić information content (AvgIpc) is 3.04. The molecular weight excluding hydrogens is 448 g/mol. The van der Waals surface area contributed by atoms with E-state index in [0.717, 1.165) is 41.8 Å². The summed E-state index contributed by atoms with van der Waals surface area (Å²) < 4.78 is 1.99. The number of nitrogens with one attached hydrogen (secondary N) is 1. The van der Waals surface area contributed by atoms with Crippen molar-refractivity contribution < 1.29 is 0 Å². The molecule has 188 valence electrons. The van der Waals surface area contributed by atoms with E-state index in [9.17, 15) is 9.59 Å². The van der Waals surface area contributed by atoms with Gasteiger partial charge in [-0.05, 0) is 81.0 Å². The predicted octanol–water partition coefficient (Wildman–Crippen LogP) is 5.28. The molecule has 7 rings (SSSR count). The summed E-state index contributed by atoms with van der Waals surface area (Å²) in [6.45, 7) is 0. The maximum absolute atomic E-state index is 14.0. The van der Waals surface area contributed by atoms with E-state index >= 15 is 0 Å². The van der Waals surface area contributed by atoms with Crippen molar-refractivity contribution in [2.45, 2.75) is 94.8 Å². The highest BCUT2D eigenvalue weighted by atomic mass is 16.1. The molecule has 4 heterocycles. The van der Waals surface area contributed by atoms with Crippen molar-refractivity contribution in [3.63, 3.8) is 0 Å². The second kappa shape index (κ2) is 8.98. The quantitative estimate of drug-likeness (QED) is 0.549. The molecule has 6 atom stereocenters. The normalized spacial score (nSPS) is 32.4. The van der Waals surface area contributed by atoms with Crippen LogP contribution in [0.4, 0.5) is 0 Å². The summed E-state index contributed by atoms with van der Waals surface area (Å²) in [6, 6.07) is 13.4. The maximum atomic E-state index is 14.0. The summed E-state index contributed by atoms with van der Waals surface area (Å²) in [5, 5.41) is 0. The van der Waals surface area contributed by atoms with E-state index in [2.05, 4.69) is 14.9 Å². The minimum Gasteiger partial charge on any atom is -0.329 e. The van der Waals surface area contributed by atoms with Crippen LogP contribution in [0, 0.1) is 11.8 Å². The highest BCUT2D eigenvalue weighted by Crippen LogP contribution is 2.48. The second-order valence-electron chi connectivity index (χ2n) is 11.9. The summed E-state index contributed by atoms with van der Waals surface area (Å²) in [4.78, 5) is 36.8. The molecule has 1 N–H and O–H groups in total. The third-order valence-electron chi connectivity index (χ3n) is 9.77. The molecule has 4 fully saturated rings. The Hall–Kier alpha value is -2.73. The number of fused-ring (bicyclic) bond motifs is 5. The molecule has 2 aliphatic heterocycles. The van der Waals surface area contributed by atoms with Crippen molar-refractivity contribution in [3.05, 3.63) is 63.3 Å². The first-order valence-corrected chi connectivity index (χ1v) is 14.1. The van der Waals surface area contributed by atoms with Gasteiger partial charge in [-0.15, -0.1) is 0 Å². The first-order valence-electron chi connectivity index (χ1n) is 14.1. The van der Waals surface area contributed by atoms with Gasteiger partial charge < -0.3 is 9.55 Å². The summed E-state index contributed by atoms with van der Waals surface area (Å²) >= 11 is 0. The van der Waals surface area contributed by atoms with E-state index in [1.54, 1.807) is 18.3 Å². The number of H-pyrrole nitrogens is 1. The molecule has 2 unspecified atom stereocenters. The highest BCUT2D eigenvalue weighted by Gasteiger charge is 2.47. The van der Waals surface area contributed by atoms with Crippen molar-refractivity contribution in [3.8, 4) is 11.3 Å². The number of para-hydroxylation sites is 2. The topological polar surface area (TPSA) is 71.0 Å². The van der Waals surface area contributed by atoms with Crippen molar-refractivity contribution in [1.29, 1.82) is 0 Å². The summed E-state index contributed by atoms with van der Waals surface area (Å²) in [6.07, 6.45) is 16.1. The van der Waals surface area contributed by atoms with Crippen LogP contribution in [0.25, 0.3) is 22.3 Å². The molecule has 2 aliphatic carbocycles. The van der Waals surface area contributed by atoms with Gasteiger partial charge in [0.15, 0.2) is 0 Å². The fourth-order valence-electron chi connectivity index (χ4n) is 8.40. The Kier molecular flexibility index (Phi) is 5.61. The van der Waals surface area contributed by atoms with Crippen molar-refractivity contribution in [2.24, 2.45) is 11.8 Å². The van der Waals surface area contributed by atoms with Gasteiger partial charge in [-0.1, -0.05) is 37.8 Å². The highest BCUT2D eigenvalue weighted by molar-refractivity contribution is 5.77. The van der Waals surface area contributed by atoms with Crippen molar-refractivity contribution in [1.82, 2.24) is 19.4 Å². The molecule has 4 aliphatic rings. The van der Waals surface area contributed by atoms with Crippen LogP contribution in [0.1, 0.15) is 76.7 Å². The van der Waals surface area contributed by atoms with Gasteiger partial charge in [0, 0.05) is 30.4 Å². The maximum Gasteiger partial charge on any atom is 0.278 e. The van der Waals surface area contributed by atoms with Crippen LogP contribution in [0.3, 0.4) is 0 Å². The zero-order chi connectivity index (χ0) is 24.2. The number of aromatic nitrogens is 3. The smallest absolute Gasteiger partial charge is 0.278 e. The standard InChI is InChI=1S/C30H36N4O2/c35-29-25(8-5-13-31-29)28-30(36)34(27-10-4-3-9-26(27)32-28)24-17-21-11-12-22(18-24)33(21)23-15-19-6-1-2-7-20(14-19)16-23/h3-5,8-10,13,19-24H,1-2,6-7,11-12,14-18H2,(H,31,35)/t19-,20+,21-,22+,23?,24?. The molecule has 3 aromatic rings. The van der Waals surface area contributed by atoms with Crippen molar-refractivity contribution >= 4 is 11.0 Å². The van der Waals surface area contributed by atoms with Gasteiger partial charge in [0.2, 0.25) is 0 Å². The van der Waals surface area contributed by atoms with Crippen LogP contribution in [-0.2, 0) is 0 Å². The van der Waals surface area contributed by atoms with E-state index in [0.29, 0.717) is 17.6 Å². The lowest BCUT2D eigenvalue weighted by Gasteiger charge is -2.48. The third kappa shape index (κ3) is 3.76. The lowest BCUT2D eigenvalue weighted by Crippen LogP contribution is -2.52. The van der Waals surface area contributed by atoms with E-state index in [1.807, 2.05) is 28.8 Å².